The summed E-state index contributed by atoms with van der Waals surface area (Å²) in [6.07, 6.45) is 0. The zero-order chi connectivity index (χ0) is 12.7. The van der Waals surface area contributed by atoms with Crippen molar-refractivity contribution in [1.29, 1.82) is 0 Å². The van der Waals surface area contributed by atoms with Crippen molar-refractivity contribution < 1.29 is 9.47 Å². The Balaban J connectivity index is 2.46. The fourth-order valence-electron chi connectivity index (χ4n) is 1.81. The van der Waals surface area contributed by atoms with Crippen molar-refractivity contribution in [1.82, 2.24) is 4.90 Å². The summed E-state index contributed by atoms with van der Waals surface area (Å²) in [5, 5.41) is 0. The molecule has 0 amide bonds. The molecule has 0 aliphatic rings. The lowest BCUT2D eigenvalue weighted by Gasteiger charge is -2.21. The molecule has 17 heavy (non-hydrogen) atoms. The third-order valence-corrected chi connectivity index (χ3v) is 2.51. The first-order valence-corrected chi connectivity index (χ1v) is 5.71. The van der Waals surface area contributed by atoms with E-state index in [9.17, 15) is 0 Å². The fourth-order valence-corrected chi connectivity index (χ4v) is 1.81. The standard InChI is InChI=1S/C13H22N2O2/c1-15(9-12(14)10-16-2)8-11-5-4-6-13(7-11)17-3/h4-7,12H,8-10,14H2,1-3H3. The average molecular weight is 238 g/mol. The Kier molecular flexibility index (Phi) is 5.97. The normalized spacial score (nSPS) is 12.8. The summed E-state index contributed by atoms with van der Waals surface area (Å²) in [6.45, 7) is 2.25. The summed E-state index contributed by atoms with van der Waals surface area (Å²) in [4.78, 5) is 2.18. The minimum Gasteiger partial charge on any atom is -0.497 e. The first-order valence-electron chi connectivity index (χ1n) is 5.71. The highest BCUT2D eigenvalue weighted by atomic mass is 16.5. The van der Waals surface area contributed by atoms with E-state index >= 15 is 0 Å². The molecule has 1 aromatic rings. The predicted molar refractivity (Wildman–Crippen MR) is 69.2 cm³/mol. The summed E-state index contributed by atoms with van der Waals surface area (Å²) in [5.41, 5.74) is 7.12. The zero-order valence-corrected chi connectivity index (χ0v) is 10.8. The van der Waals surface area contributed by atoms with Crippen molar-refractivity contribution in [3.63, 3.8) is 0 Å². The Hall–Kier alpha value is -1.10. The van der Waals surface area contributed by atoms with E-state index in [2.05, 4.69) is 18.0 Å². The Morgan fingerprint density at radius 3 is 2.76 bits per heavy atom. The van der Waals surface area contributed by atoms with Crippen molar-refractivity contribution in [2.75, 3.05) is 34.4 Å². The van der Waals surface area contributed by atoms with Crippen LogP contribution in [0.5, 0.6) is 5.75 Å². The number of hydrogen-bond acceptors (Lipinski definition) is 4. The Bertz CT molecular complexity index is 331. The van der Waals surface area contributed by atoms with Crippen LogP contribution in [0, 0.1) is 0 Å². The Labute approximate surface area is 103 Å². The van der Waals surface area contributed by atoms with E-state index in [0.29, 0.717) is 6.61 Å². The first kappa shape index (κ1) is 14.0. The molecule has 4 heteroatoms. The van der Waals surface area contributed by atoms with Gasteiger partial charge in [0.15, 0.2) is 0 Å². The zero-order valence-electron chi connectivity index (χ0n) is 10.8. The third kappa shape index (κ3) is 5.17. The van der Waals surface area contributed by atoms with Gasteiger partial charge in [0, 0.05) is 26.2 Å². The molecule has 0 aliphatic heterocycles. The molecule has 1 atom stereocenters. The fraction of sp³-hybridized carbons (Fsp3) is 0.538. The van der Waals surface area contributed by atoms with Gasteiger partial charge in [-0.25, -0.2) is 0 Å². The summed E-state index contributed by atoms with van der Waals surface area (Å²) in [5.74, 6) is 0.886. The van der Waals surface area contributed by atoms with Crippen LogP contribution in [0.2, 0.25) is 0 Å². The van der Waals surface area contributed by atoms with Gasteiger partial charge in [-0.3, -0.25) is 0 Å². The maximum absolute atomic E-state index is 5.90. The van der Waals surface area contributed by atoms with E-state index in [1.165, 1.54) is 5.56 Å². The summed E-state index contributed by atoms with van der Waals surface area (Å²) in [7, 11) is 5.40. The number of likely N-dealkylation sites (N-methyl/N-ethyl adjacent to an activating group) is 1. The second kappa shape index (κ2) is 7.27. The molecule has 0 saturated carbocycles. The lowest BCUT2D eigenvalue weighted by atomic mass is 10.2. The molecule has 96 valence electrons. The molecule has 1 aromatic carbocycles. The molecular weight excluding hydrogens is 216 g/mol. The number of nitrogens with two attached hydrogens (primary N) is 1. The van der Waals surface area contributed by atoms with E-state index in [0.717, 1.165) is 18.8 Å². The van der Waals surface area contributed by atoms with Gasteiger partial charge in [0.25, 0.3) is 0 Å². The van der Waals surface area contributed by atoms with Crippen molar-refractivity contribution >= 4 is 0 Å². The van der Waals surface area contributed by atoms with Crippen LogP contribution in [0.1, 0.15) is 5.56 Å². The number of nitrogens with zero attached hydrogens (tertiary/aromatic N) is 1. The molecule has 0 spiro atoms. The molecule has 0 radical (unpaired) electrons. The van der Waals surface area contributed by atoms with Crippen molar-refractivity contribution in [3.05, 3.63) is 29.8 Å². The van der Waals surface area contributed by atoms with Crippen molar-refractivity contribution in [3.8, 4) is 5.75 Å². The Morgan fingerprint density at radius 1 is 1.35 bits per heavy atom. The molecule has 2 N–H and O–H groups in total. The molecule has 0 saturated heterocycles. The van der Waals surface area contributed by atoms with E-state index in [4.69, 9.17) is 15.2 Å². The van der Waals surface area contributed by atoms with Gasteiger partial charge >= 0.3 is 0 Å². The van der Waals surface area contributed by atoms with Crippen LogP contribution in [-0.2, 0) is 11.3 Å². The molecule has 1 rings (SSSR count). The lowest BCUT2D eigenvalue weighted by molar-refractivity contribution is 0.160. The smallest absolute Gasteiger partial charge is 0.119 e. The highest BCUT2D eigenvalue weighted by Crippen LogP contribution is 2.13. The van der Waals surface area contributed by atoms with Crippen LogP contribution < -0.4 is 10.5 Å². The lowest BCUT2D eigenvalue weighted by Crippen LogP contribution is -2.38. The van der Waals surface area contributed by atoms with Gasteiger partial charge in [0.2, 0.25) is 0 Å². The highest BCUT2D eigenvalue weighted by molar-refractivity contribution is 5.28. The maximum atomic E-state index is 5.90. The Morgan fingerprint density at radius 2 is 2.12 bits per heavy atom. The average Bonchev–Trinajstić information content (AvgIpc) is 2.29. The van der Waals surface area contributed by atoms with Gasteiger partial charge in [-0.15, -0.1) is 0 Å². The molecule has 0 heterocycles. The summed E-state index contributed by atoms with van der Waals surface area (Å²) >= 11 is 0. The third-order valence-electron chi connectivity index (χ3n) is 2.51. The predicted octanol–water partition coefficient (Wildman–Crippen LogP) is 1.10. The monoisotopic (exact) mass is 238 g/mol. The van der Waals surface area contributed by atoms with Crippen LogP contribution in [0.4, 0.5) is 0 Å². The topological polar surface area (TPSA) is 47.7 Å². The number of hydrogen-bond donors (Lipinski definition) is 1. The van der Waals surface area contributed by atoms with E-state index < -0.39 is 0 Å². The molecule has 4 nitrogen and oxygen atoms in total. The van der Waals surface area contributed by atoms with Crippen LogP contribution in [0.3, 0.4) is 0 Å². The highest BCUT2D eigenvalue weighted by Gasteiger charge is 2.07. The second-order valence-corrected chi connectivity index (χ2v) is 4.26. The SMILES string of the molecule is COCC(N)CN(C)Cc1cccc(OC)c1. The molecule has 0 bridgehead atoms. The molecule has 0 aliphatic carbocycles. The molecular formula is C13H22N2O2. The number of benzene rings is 1. The van der Waals surface area contributed by atoms with Gasteiger partial charge in [-0.1, -0.05) is 12.1 Å². The first-order chi connectivity index (χ1) is 8.15. The second-order valence-electron chi connectivity index (χ2n) is 4.26. The summed E-state index contributed by atoms with van der Waals surface area (Å²) in [6, 6.07) is 8.12. The van der Waals surface area contributed by atoms with Crippen LogP contribution in [0.15, 0.2) is 24.3 Å². The number of rotatable bonds is 7. The van der Waals surface area contributed by atoms with Gasteiger partial charge in [0.1, 0.15) is 5.75 Å². The van der Waals surface area contributed by atoms with Crippen LogP contribution >= 0.6 is 0 Å². The van der Waals surface area contributed by atoms with Gasteiger partial charge in [-0.05, 0) is 24.7 Å². The van der Waals surface area contributed by atoms with Gasteiger partial charge in [0.05, 0.1) is 13.7 Å². The molecule has 0 fully saturated rings. The van der Waals surface area contributed by atoms with Crippen LogP contribution in [-0.4, -0.2) is 45.4 Å². The van der Waals surface area contributed by atoms with Gasteiger partial charge < -0.3 is 20.1 Å². The van der Waals surface area contributed by atoms with Crippen molar-refractivity contribution in [2.45, 2.75) is 12.6 Å². The number of methoxy groups -OCH3 is 2. The molecule has 1 unspecified atom stereocenters. The van der Waals surface area contributed by atoms with E-state index in [1.54, 1.807) is 14.2 Å². The van der Waals surface area contributed by atoms with E-state index in [1.807, 2.05) is 18.2 Å². The number of ether oxygens (including phenoxy) is 2. The quantitative estimate of drug-likeness (QED) is 0.773. The van der Waals surface area contributed by atoms with Gasteiger partial charge in [-0.2, -0.15) is 0 Å². The van der Waals surface area contributed by atoms with Crippen LogP contribution in [0.25, 0.3) is 0 Å². The van der Waals surface area contributed by atoms with Crippen molar-refractivity contribution in [2.24, 2.45) is 5.73 Å². The minimum absolute atomic E-state index is 0.0515. The molecule has 0 aromatic heterocycles. The largest absolute Gasteiger partial charge is 0.497 e. The van der Waals surface area contributed by atoms with E-state index in [-0.39, 0.29) is 6.04 Å². The minimum atomic E-state index is 0.0515. The summed E-state index contributed by atoms with van der Waals surface area (Å²) < 4.78 is 10.2. The maximum Gasteiger partial charge on any atom is 0.119 e.